The number of hydrogen-bond acceptors (Lipinski definition) is 0. The van der Waals surface area contributed by atoms with Crippen molar-refractivity contribution >= 4 is 90.4 Å². The van der Waals surface area contributed by atoms with Crippen LogP contribution in [0.2, 0.25) is 0 Å². The maximum Gasteiger partial charge on any atom is 0.559 e. The van der Waals surface area contributed by atoms with Gasteiger partial charge in [0.1, 0.15) is 0 Å². The highest BCUT2D eigenvalue weighted by atomic mass is 127. The Hall–Kier alpha value is -0.710. The van der Waals surface area contributed by atoms with Crippen LogP contribution in [0.4, 0.5) is 162 Å². The summed E-state index contributed by atoms with van der Waals surface area (Å²) in [4.78, 5) is 0. The molecule has 0 N–H and O–H groups in total. The van der Waals surface area contributed by atoms with Crippen LogP contribution in [0.5, 0.6) is 0 Å². The molecule has 0 bridgehead atoms. The zero-order valence-corrected chi connectivity index (χ0v) is 41.4. The van der Waals surface area contributed by atoms with Gasteiger partial charge < -0.3 is 0 Å². The van der Waals surface area contributed by atoms with E-state index in [1.54, 1.807) is 12.2 Å². The monoisotopic (exact) mass is 1570 g/mol. The zero-order valence-electron chi connectivity index (χ0n) is 33.8. The Balaban J connectivity index is -0.0000000781. The molecule has 0 unspecified atom stereocenters. The summed E-state index contributed by atoms with van der Waals surface area (Å²) in [5, 5.41) is 0. The number of alkyl halides is 41. The van der Waals surface area contributed by atoms with Crippen LogP contribution >= 0.6 is 90.4 Å². The Kier molecular flexibility index (Phi) is 45.2. The van der Waals surface area contributed by atoms with E-state index in [1.165, 1.54) is 7.40 Å². The van der Waals surface area contributed by atoms with Crippen LogP contribution < -0.4 is 0 Å². The van der Waals surface area contributed by atoms with Gasteiger partial charge in [-0.1, -0.05) is 31.7 Å². The molecule has 0 saturated carbocycles. The molecule has 0 spiro atoms. The lowest BCUT2D eigenvalue weighted by molar-refractivity contribution is -0.249. The van der Waals surface area contributed by atoms with Gasteiger partial charge in [0.2, 0.25) is 0 Å². The standard InChI is InChI=1S/2C7H4F9I.2C3H6.2C2F5I.2CF4.CH3F.CH4/c2*8-4(9,2-1-3-5(10,11)12)6(13,14)7(15,16)17;2*1-3-2;2*3-1(4,5)2(6,7)8;2*2-1(3,4)5;1-2;/h2*1-2H,3H2;2*3H,1H2,2H3;;;;;1H3;1H4/i;;;;;;;;2+0;1H. The molecule has 0 aliphatic carbocycles. The maximum atomic E-state index is 12.6. The Morgan fingerprint density at radius 2 is 0.478 bits per heavy atom. The molecule has 0 saturated heterocycles. The van der Waals surface area contributed by atoms with Crippen molar-refractivity contribution in [2.75, 3.05) is 7.18 Å². The average Bonchev–Trinajstić information content (AvgIpc) is 3.02. The first-order chi connectivity index (χ1) is 29.7. The summed E-state index contributed by atoms with van der Waals surface area (Å²) >= 11 is -0.364. The molecule has 426 valence electrons. The van der Waals surface area contributed by atoms with Crippen LogP contribution in [0.25, 0.3) is 0 Å². The molecule has 0 aromatic heterocycles. The van der Waals surface area contributed by atoms with Gasteiger partial charge in [0.05, 0.1) is 20.0 Å². The Bertz CT molecular complexity index is 1190. The highest BCUT2D eigenvalue weighted by molar-refractivity contribution is 14.1. The largest absolute Gasteiger partial charge is 0.559 e. The first-order valence-electron chi connectivity index (χ1n) is 15.2. The van der Waals surface area contributed by atoms with E-state index in [4.69, 9.17) is 1.37 Å². The molecule has 0 aliphatic heterocycles. The summed E-state index contributed by atoms with van der Waals surface area (Å²) < 4.78 is 401. The van der Waals surface area contributed by atoms with Crippen molar-refractivity contribution in [2.24, 2.45) is 0 Å². The zero-order chi connectivity index (χ0) is 60.7. The molecule has 69 heavy (non-hydrogen) atoms. The van der Waals surface area contributed by atoms with Crippen molar-refractivity contribution in [1.82, 2.24) is 0 Å². The molecular weight excluding hydrogens is 1550 g/mol. The molecule has 0 amide bonds. The van der Waals surface area contributed by atoms with Gasteiger partial charge in [-0.25, -0.2) is 0 Å². The lowest BCUT2D eigenvalue weighted by atomic mass is 10.1. The van der Waals surface area contributed by atoms with E-state index < -0.39 is 102 Å². The predicted molar refractivity (Wildman–Crippen MR) is 207 cm³/mol. The van der Waals surface area contributed by atoms with Gasteiger partial charge in [0.25, 0.3) is 0 Å². The molecule has 0 heterocycles. The van der Waals surface area contributed by atoms with Crippen LogP contribution in [-0.4, -0.2) is 84.1 Å². The fraction of sp³-hybridized carbons (Fsp3) is 0.714. The minimum Gasteiger partial charge on any atom is -0.255 e. The van der Waals surface area contributed by atoms with E-state index in [0.717, 1.165) is 0 Å². The van der Waals surface area contributed by atoms with E-state index in [1.807, 2.05) is 13.8 Å². The summed E-state index contributed by atoms with van der Waals surface area (Å²) in [6.07, 6.45) is -34.3. The molecule has 0 nitrogen and oxygen atoms in total. The fourth-order valence-electron chi connectivity index (χ4n) is 1.27. The van der Waals surface area contributed by atoms with E-state index in [9.17, 15) is 162 Å². The number of rotatable bonds is 8. The van der Waals surface area contributed by atoms with Crippen LogP contribution in [0.1, 0.15) is 35.5 Å². The van der Waals surface area contributed by atoms with Crippen LogP contribution in [-0.2, 0) is 0 Å². The predicted octanol–water partition coefficient (Wildman–Crippen LogP) is 21.3. The van der Waals surface area contributed by atoms with Crippen molar-refractivity contribution < 1.29 is 164 Å². The van der Waals surface area contributed by atoms with Crippen LogP contribution in [0, 0.1) is 0 Å². The highest BCUT2D eigenvalue weighted by Crippen LogP contribution is 2.51. The molecular formula is C28H27F37I4. The normalized spacial score (nSPS) is 13.3. The first-order valence-corrected chi connectivity index (χ1v) is 18.5. The Morgan fingerprint density at radius 1 is 0.362 bits per heavy atom. The first kappa shape index (κ1) is 88.0. The summed E-state index contributed by atoms with van der Waals surface area (Å²) in [6.45, 7) is 10.5. The van der Waals surface area contributed by atoms with Crippen molar-refractivity contribution in [2.45, 2.75) is 111 Å². The number of hydrogen-bond donors (Lipinski definition) is 0. The molecule has 0 rings (SSSR count). The van der Waals surface area contributed by atoms with Gasteiger partial charge in [-0.2, -0.15) is 123 Å². The summed E-state index contributed by atoms with van der Waals surface area (Å²) in [5.41, 5.74) is 0. The summed E-state index contributed by atoms with van der Waals surface area (Å²) in [6, 6.07) is 0. The third-order valence-corrected chi connectivity index (χ3v) is 6.12. The fourth-order valence-corrected chi connectivity index (χ4v) is 1.99. The van der Waals surface area contributed by atoms with Crippen molar-refractivity contribution in [3.05, 3.63) is 49.6 Å². The minimum atomic E-state index is -5.78. The minimum absolute atomic E-state index is 0.0250. The third-order valence-electron chi connectivity index (χ3n) is 3.55. The topological polar surface area (TPSA) is 0 Å². The molecule has 0 aliphatic rings. The SMILES string of the molecule is C=CC.C=CC.C[19F].FC(F)(F)C(F)(F)I.FC(F)(F)C(F)(F)I.FC(F)(F)CC=CC(F)(F)C(F)(F)C(F)(F)I.FC(F)(F)CC=CC(F)(F)C(F)(F)C(F)(F)I.FC(F)(F)F.FC(F)(F)F.[1H]C. The second kappa shape index (κ2) is 35.5. The lowest BCUT2D eigenvalue weighted by Gasteiger charge is -2.27. The maximum absolute atomic E-state index is 12.6. The van der Waals surface area contributed by atoms with Crippen molar-refractivity contribution in [1.29, 1.82) is 0 Å². The molecule has 0 aromatic rings. The highest BCUT2D eigenvalue weighted by Gasteiger charge is 2.70. The molecule has 0 atom stereocenters. The van der Waals surface area contributed by atoms with Crippen LogP contribution in [0.15, 0.2) is 49.6 Å². The average molecular weight is 1570 g/mol. The second-order valence-electron chi connectivity index (χ2n) is 9.50. The van der Waals surface area contributed by atoms with Crippen LogP contribution in [0.3, 0.4) is 0 Å². The van der Waals surface area contributed by atoms with E-state index in [-0.39, 0.29) is 103 Å². The van der Waals surface area contributed by atoms with Gasteiger partial charge in [-0.15, -0.1) is 48.3 Å². The Labute approximate surface area is 419 Å². The van der Waals surface area contributed by atoms with Crippen molar-refractivity contribution in [3.8, 4) is 0 Å². The van der Waals surface area contributed by atoms with E-state index in [2.05, 4.69) is 13.2 Å². The molecule has 41 heteroatoms. The van der Waals surface area contributed by atoms with E-state index in [0.29, 0.717) is 7.18 Å². The van der Waals surface area contributed by atoms with Gasteiger partial charge >= 0.3 is 77.0 Å². The van der Waals surface area contributed by atoms with Gasteiger partial charge in [0, 0.05) is 91.7 Å². The summed E-state index contributed by atoms with van der Waals surface area (Å²) in [5.74, 6) is -22.3. The quantitative estimate of drug-likeness (QED) is 0.0983. The molecule has 0 aromatic carbocycles. The third kappa shape index (κ3) is 59.7. The smallest absolute Gasteiger partial charge is 0.255 e. The molecule has 0 radical (unpaired) electrons. The molecule has 0 fully saturated rings. The number of allylic oxidation sites excluding steroid dienone is 6. The Morgan fingerprint density at radius 3 is 0.551 bits per heavy atom. The van der Waals surface area contributed by atoms with E-state index >= 15 is 0 Å². The second-order valence-corrected chi connectivity index (χ2v) is 14.9. The van der Waals surface area contributed by atoms with Crippen molar-refractivity contribution in [3.63, 3.8) is 0 Å². The van der Waals surface area contributed by atoms with Gasteiger partial charge in [0.15, 0.2) is 0 Å². The number of halogens is 41. The summed E-state index contributed by atoms with van der Waals surface area (Å²) in [7, 11) is 1.75. The van der Waals surface area contributed by atoms with Gasteiger partial charge in [-0.05, 0) is 26.0 Å². The lowest BCUT2D eigenvalue weighted by Crippen LogP contribution is -2.49. The van der Waals surface area contributed by atoms with Gasteiger partial charge in [-0.3, -0.25) is 4.39 Å².